The molecule has 3 nitrogen and oxygen atoms in total. The highest BCUT2D eigenvalue weighted by molar-refractivity contribution is 6.32. The molecule has 0 bridgehead atoms. The summed E-state index contributed by atoms with van der Waals surface area (Å²) in [5.74, 6) is 0.677. The van der Waals surface area contributed by atoms with E-state index in [1.165, 1.54) is 5.56 Å². The topological polar surface area (TPSA) is 46.2 Å². The Kier molecular flexibility index (Phi) is 5.71. The van der Waals surface area contributed by atoms with Gasteiger partial charge in [0.1, 0.15) is 0 Å². The molecule has 1 amide bonds. The van der Waals surface area contributed by atoms with Crippen LogP contribution in [0.5, 0.6) is 0 Å². The Balaban J connectivity index is 1.81. The quantitative estimate of drug-likeness (QED) is 0.556. The molecule has 1 aliphatic heterocycles. The van der Waals surface area contributed by atoms with Gasteiger partial charge in [-0.1, -0.05) is 61.3 Å². The third-order valence-corrected chi connectivity index (χ3v) is 7.82. The summed E-state index contributed by atoms with van der Waals surface area (Å²) in [4.78, 5) is 25.0. The standard InChI is InChI=1S/C25H27Cl2NO2/c1-4-21(29)16-7-10-18(20(27)13-16)19-11-12-25(3)23(14(2)28-24(25)30)22(19)15-5-8-17(26)9-6-15/h5-10,13-14,19,22-23H,4,11-12H2,1-3H3,(H,28,30)/t14-,19+,22+,23+,25-/m1/s1. The molecule has 4 rings (SSSR count). The van der Waals surface area contributed by atoms with Crippen molar-refractivity contribution in [1.29, 1.82) is 0 Å². The van der Waals surface area contributed by atoms with E-state index in [0.717, 1.165) is 18.4 Å². The lowest BCUT2D eigenvalue weighted by atomic mass is 9.56. The SMILES string of the molecule is CCC(=O)c1ccc([C@@H]2CC[C@@]3(C)C(=O)N[C@H](C)[C@H]3[C@H]2c2ccc(Cl)cc2)c(Cl)c1. The maximum absolute atomic E-state index is 12.8. The number of hydrogen-bond acceptors (Lipinski definition) is 2. The highest BCUT2D eigenvalue weighted by Gasteiger charge is 2.57. The molecule has 2 aliphatic rings. The van der Waals surface area contributed by atoms with Gasteiger partial charge < -0.3 is 5.32 Å². The van der Waals surface area contributed by atoms with Crippen LogP contribution in [0.4, 0.5) is 0 Å². The van der Waals surface area contributed by atoms with Gasteiger partial charge in [-0.2, -0.15) is 0 Å². The molecule has 2 fully saturated rings. The Morgan fingerprint density at radius 2 is 1.87 bits per heavy atom. The van der Waals surface area contributed by atoms with Crippen LogP contribution >= 0.6 is 23.2 Å². The molecule has 2 aromatic rings. The molecule has 30 heavy (non-hydrogen) atoms. The van der Waals surface area contributed by atoms with Crippen LogP contribution in [0.15, 0.2) is 42.5 Å². The molecular weight excluding hydrogens is 417 g/mol. The van der Waals surface area contributed by atoms with Crippen LogP contribution in [-0.2, 0) is 4.79 Å². The van der Waals surface area contributed by atoms with Gasteiger partial charge in [-0.3, -0.25) is 9.59 Å². The minimum absolute atomic E-state index is 0.0747. The molecule has 0 spiro atoms. The first-order valence-corrected chi connectivity index (χ1v) is 11.4. The zero-order valence-electron chi connectivity index (χ0n) is 17.5. The minimum Gasteiger partial charge on any atom is -0.353 e. The smallest absolute Gasteiger partial charge is 0.226 e. The number of hydrogen-bond donors (Lipinski definition) is 1. The maximum Gasteiger partial charge on any atom is 0.226 e. The van der Waals surface area contributed by atoms with Gasteiger partial charge in [0, 0.05) is 34.0 Å². The minimum atomic E-state index is -0.398. The third-order valence-electron chi connectivity index (χ3n) is 7.24. The lowest BCUT2D eigenvalue weighted by Crippen LogP contribution is -2.42. The molecule has 1 heterocycles. The summed E-state index contributed by atoms with van der Waals surface area (Å²) >= 11 is 12.9. The number of rotatable bonds is 4. The van der Waals surface area contributed by atoms with E-state index in [0.29, 0.717) is 22.0 Å². The van der Waals surface area contributed by atoms with E-state index >= 15 is 0 Å². The van der Waals surface area contributed by atoms with Crippen LogP contribution in [0.25, 0.3) is 0 Å². The van der Waals surface area contributed by atoms with Crippen LogP contribution in [0.2, 0.25) is 10.0 Å². The van der Waals surface area contributed by atoms with Crippen LogP contribution in [0, 0.1) is 11.3 Å². The van der Waals surface area contributed by atoms with Gasteiger partial charge in [0.05, 0.1) is 5.41 Å². The fourth-order valence-corrected chi connectivity index (χ4v) is 6.16. The van der Waals surface area contributed by atoms with E-state index in [4.69, 9.17) is 23.2 Å². The zero-order valence-corrected chi connectivity index (χ0v) is 19.1. The van der Waals surface area contributed by atoms with Crippen molar-refractivity contribution in [3.8, 4) is 0 Å². The van der Waals surface area contributed by atoms with Gasteiger partial charge in [-0.15, -0.1) is 0 Å². The molecule has 5 atom stereocenters. The van der Waals surface area contributed by atoms with Crippen molar-refractivity contribution in [1.82, 2.24) is 5.32 Å². The number of carbonyl (C=O) groups excluding carboxylic acids is 2. The van der Waals surface area contributed by atoms with Crippen LogP contribution in [-0.4, -0.2) is 17.7 Å². The number of fused-ring (bicyclic) bond motifs is 1. The predicted molar refractivity (Wildman–Crippen MR) is 121 cm³/mol. The molecule has 1 aliphatic carbocycles. The van der Waals surface area contributed by atoms with Gasteiger partial charge in [0.25, 0.3) is 0 Å². The van der Waals surface area contributed by atoms with Crippen LogP contribution in [0.1, 0.15) is 73.4 Å². The number of ketones is 1. The highest BCUT2D eigenvalue weighted by Crippen LogP contribution is 2.59. The Morgan fingerprint density at radius 1 is 1.17 bits per heavy atom. The first-order valence-electron chi connectivity index (χ1n) is 10.7. The summed E-state index contributed by atoms with van der Waals surface area (Å²) in [7, 11) is 0. The molecule has 2 aromatic carbocycles. The number of carbonyl (C=O) groups is 2. The zero-order chi connectivity index (χ0) is 21.6. The largest absolute Gasteiger partial charge is 0.353 e. The van der Waals surface area contributed by atoms with Crippen LogP contribution in [0.3, 0.4) is 0 Å². The van der Waals surface area contributed by atoms with Gasteiger partial charge in [-0.05, 0) is 60.9 Å². The molecule has 5 heteroatoms. The molecule has 0 radical (unpaired) electrons. The predicted octanol–water partition coefficient (Wildman–Crippen LogP) is 6.39. The fraction of sp³-hybridized carbons (Fsp3) is 0.440. The first-order chi connectivity index (χ1) is 14.3. The van der Waals surface area contributed by atoms with E-state index in [1.807, 2.05) is 31.2 Å². The first kappa shape index (κ1) is 21.4. The number of halogens is 2. The Morgan fingerprint density at radius 3 is 2.50 bits per heavy atom. The average Bonchev–Trinajstić information content (AvgIpc) is 2.96. The second-order valence-corrected chi connectivity index (χ2v) is 9.78. The highest BCUT2D eigenvalue weighted by atomic mass is 35.5. The number of benzene rings is 2. The van der Waals surface area contributed by atoms with E-state index in [-0.39, 0.29) is 35.5 Å². The van der Waals surface area contributed by atoms with E-state index < -0.39 is 5.41 Å². The van der Waals surface area contributed by atoms with Crippen molar-refractivity contribution in [3.63, 3.8) is 0 Å². The number of Topliss-reactive ketones (excluding diaryl/α,β-unsaturated/α-hetero) is 1. The molecule has 158 valence electrons. The van der Waals surface area contributed by atoms with E-state index in [2.05, 4.69) is 31.3 Å². The number of amides is 1. The normalized spacial score (nSPS) is 30.6. The fourth-order valence-electron chi connectivity index (χ4n) is 5.72. The summed E-state index contributed by atoms with van der Waals surface area (Å²) in [5.41, 5.74) is 2.48. The summed E-state index contributed by atoms with van der Waals surface area (Å²) in [6.45, 7) is 6.05. The lowest BCUT2D eigenvalue weighted by Gasteiger charge is -2.46. The number of nitrogens with one attached hydrogen (secondary N) is 1. The van der Waals surface area contributed by atoms with Crippen molar-refractivity contribution >= 4 is 34.9 Å². The second kappa shape index (κ2) is 8.01. The van der Waals surface area contributed by atoms with Gasteiger partial charge in [0.15, 0.2) is 5.78 Å². The summed E-state index contributed by atoms with van der Waals surface area (Å²) < 4.78 is 0. The van der Waals surface area contributed by atoms with Gasteiger partial charge >= 0.3 is 0 Å². The monoisotopic (exact) mass is 443 g/mol. The van der Waals surface area contributed by atoms with Crippen LogP contribution < -0.4 is 5.32 Å². The van der Waals surface area contributed by atoms with E-state index in [9.17, 15) is 9.59 Å². The molecule has 1 N–H and O–H groups in total. The van der Waals surface area contributed by atoms with Gasteiger partial charge in [-0.25, -0.2) is 0 Å². The maximum atomic E-state index is 12.8. The molecule has 0 aromatic heterocycles. The summed E-state index contributed by atoms with van der Waals surface area (Å²) in [6, 6.07) is 13.8. The van der Waals surface area contributed by atoms with E-state index in [1.54, 1.807) is 6.07 Å². The molecular formula is C25H27Cl2NO2. The Bertz CT molecular complexity index is 987. The van der Waals surface area contributed by atoms with Crippen molar-refractivity contribution in [2.24, 2.45) is 11.3 Å². The molecule has 0 unspecified atom stereocenters. The molecule has 1 saturated carbocycles. The molecule has 1 saturated heterocycles. The average molecular weight is 444 g/mol. The Labute approximate surface area is 188 Å². The summed E-state index contributed by atoms with van der Waals surface area (Å²) in [5, 5.41) is 4.51. The lowest BCUT2D eigenvalue weighted by molar-refractivity contribution is -0.129. The summed E-state index contributed by atoms with van der Waals surface area (Å²) in [6.07, 6.45) is 2.13. The van der Waals surface area contributed by atoms with Gasteiger partial charge in [0.2, 0.25) is 5.91 Å². The third kappa shape index (κ3) is 3.46. The van der Waals surface area contributed by atoms with Crippen molar-refractivity contribution in [3.05, 3.63) is 69.2 Å². The van der Waals surface area contributed by atoms with Crippen molar-refractivity contribution in [2.75, 3.05) is 0 Å². The van der Waals surface area contributed by atoms with Crippen molar-refractivity contribution in [2.45, 2.75) is 57.9 Å². The van der Waals surface area contributed by atoms with Crippen molar-refractivity contribution < 1.29 is 9.59 Å². The Hall–Kier alpha value is -1.84. The second-order valence-electron chi connectivity index (χ2n) is 8.94.